The number of ether oxygens (including phenoxy) is 1. The van der Waals surface area contributed by atoms with Crippen LogP contribution < -0.4 is 4.74 Å². The van der Waals surface area contributed by atoms with Crippen LogP contribution >= 0.6 is 15.9 Å². The minimum absolute atomic E-state index is 0.140. The minimum atomic E-state index is -2.78. The van der Waals surface area contributed by atoms with Crippen LogP contribution in [0, 0.1) is 11.3 Å². The zero-order valence-corrected chi connectivity index (χ0v) is 8.68. The maximum Gasteiger partial charge on any atom is 0.270 e. The van der Waals surface area contributed by atoms with Crippen molar-refractivity contribution in [2.45, 2.75) is 6.43 Å². The summed E-state index contributed by atoms with van der Waals surface area (Å²) in [5.41, 5.74) is -0.614. The molecule has 1 rings (SSSR count). The Bertz CT molecular complexity index is 390. The van der Waals surface area contributed by atoms with Crippen LogP contribution in [0.25, 0.3) is 0 Å². The summed E-state index contributed by atoms with van der Waals surface area (Å²) in [6, 6.07) is 2.89. The van der Waals surface area contributed by atoms with Crippen molar-refractivity contribution in [1.29, 1.82) is 5.26 Å². The van der Waals surface area contributed by atoms with E-state index in [2.05, 4.69) is 25.7 Å². The quantitative estimate of drug-likeness (QED) is 0.770. The lowest BCUT2D eigenvalue weighted by Gasteiger charge is -2.08. The fourth-order valence-corrected chi connectivity index (χ4v) is 1.35. The summed E-state index contributed by atoms with van der Waals surface area (Å²) in [5, 5.41) is 8.62. The third-order valence-electron chi connectivity index (χ3n) is 1.52. The first-order valence-electron chi connectivity index (χ1n) is 3.52. The van der Waals surface area contributed by atoms with Gasteiger partial charge in [-0.05, 0) is 22.0 Å². The van der Waals surface area contributed by atoms with E-state index < -0.39 is 12.0 Å². The average molecular weight is 263 g/mol. The molecule has 14 heavy (non-hydrogen) atoms. The molecule has 0 aliphatic carbocycles. The van der Waals surface area contributed by atoms with Crippen molar-refractivity contribution in [2.24, 2.45) is 0 Å². The summed E-state index contributed by atoms with van der Waals surface area (Å²) in [5.74, 6) is -0.231. The van der Waals surface area contributed by atoms with Gasteiger partial charge in [0.15, 0.2) is 0 Å². The molecule has 0 aromatic carbocycles. The lowest BCUT2D eigenvalue weighted by Crippen LogP contribution is -1.99. The predicted molar refractivity (Wildman–Crippen MR) is 48.2 cm³/mol. The van der Waals surface area contributed by atoms with Gasteiger partial charge < -0.3 is 4.74 Å². The number of methoxy groups -OCH3 is 1. The second kappa shape index (κ2) is 4.33. The monoisotopic (exact) mass is 262 g/mol. The van der Waals surface area contributed by atoms with Crippen LogP contribution in [0.15, 0.2) is 10.7 Å². The first kappa shape index (κ1) is 10.9. The molecule has 0 saturated carbocycles. The number of aromatic nitrogens is 1. The SMILES string of the molecule is COc1nc(Br)cc(C#N)c1C(F)F. The first-order valence-corrected chi connectivity index (χ1v) is 4.32. The van der Waals surface area contributed by atoms with E-state index in [0.717, 1.165) is 0 Å². The topological polar surface area (TPSA) is 45.9 Å². The van der Waals surface area contributed by atoms with Crippen molar-refractivity contribution < 1.29 is 13.5 Å². The second-order valence-electron chi connectivity index (χ2n) is 2.33. The van der Waals surface area contributed by atoms with E-state index in [-0.39, 0.29) is 16.0 Å². The van der Waals surface area contributed by atoms with E-state index in [9.17, 15) is 8.78 Å². The maximum absolute atomic E-state index is 12.5. The molecule has 0 unspecified atom stereocenters. The summed E-state index contributed by atoms with van der Waals surface area (Å²) in [7, 11) is 1.22. The van der Waals surface area contributed by atoms with Crippen LogP contribution in [0.2, 0.25) is 0 Å². The summed E-state index contributed by atoms with van der Waals surface area (Å²) in [6.07, 6.45) is -2.78. The lowest BCUT2D eigenvalue weighted by atomic mass is 10.1. The van der Waals surface area contributed by atoms with E-state index >= 15 is 0 Å². The largest absolute Gasteiger partial charge is 0.481 e. The molecule has 0 bridgehead atoms. The van der Waals surface area contributed by atoms with Crippen molar-refractivity contribution in [3.05, 3.63) is 21.8 Å². The van der Waals surface area contributed by atoms with Crippen LogP contribution in [0.5, 0.6) is 5.88 Å². The zero-order chi connectivity index (χ0) is 10.7. The smallest absolute Gasteiger partial charge is 0.270 e. The highest BCUT2D eigenvalue weighted by Gasteiger charge is 2.21. The third-order valence-corrected chi connectivity index (χ3v) is 1.93. The Morgan fingerprint density at radius 2 is 2.29 bits per heavy atom. The molecule has 0 radical (unpaired) electrons. The van der Waals surface area contributed by atoms with Crippen LogP contribution in [0.4, 0.5) is 8.78 Å². The van der Waals surface area contributed by atoms with Gasteiger partial charge in [-0.3, -0.25) is 0 Å². The van der Waals surface area contributed by atoms with Gasteiger partial charge in [-0.1, -0.05) is 0 Å². The van der Waals surface area contributed by atoms with Crippen molar-refractivity contribution in [3.8, 4) is 11.9 Å². The van der Waals surface area contributed by atoms with Gasteiger partial charge in [-0.2, -0.15) is 5.26 Å². The molecular formula is C8H5BrF2N2O. The summed E-state index contributed by atoms with van der Waals surface area (Å²) < 4.78 is 30.0. The summed E-state index contributed by atoms with van der Waals surface area (Å²) >= 11 is 2.99. The van der Waals surface area contributed by atoms with E-state index in [1.165, 1.54) is 13.2 Å². The molecule has 0 aliphatic heterocycles. The molecule has 0 amide bonds. The summed E-state index contributed by atoms with van der Waals surface area (Å²) in [6.45, 7) is 0. The molecule has 0 atom stereocenters. The van der Waals surface area contributed by atoms with Gasteiger partial charge in [0.05, 0.1) is 24.3 Å². The summed E-state index contributed by atoms with van der Waals surface area (Å²) in [4.78, 5) is 3.68. The van der Waals surface area contributed by atoms with Crippen molar-refractivity contribution in [2.75, 3.05) is 7.11 Å². The predicted octanol–water partition coefficient (Wildman–Crippen LogP) is 2.66. The van der Waals surface area contributed by atoms with Crippen molar-refractivity contribution >= 4 is 15.9 Å². The second-order valence-corrected chi connectivity index (χ2v) is 3.14. The fourth-order valence-electron chi connectivity index (χ4n) is 0.961. The molecule has 1 aromatic rings. The molecular weight excluding hydrogens is 258 g/mol. The Labute approximate surface area is 87.5 Å². The van der Waals surface area contributed by atoms with E-state index in [1.54, 1.807) is 6.07 Å². The Balaban J connectivity index is 3.42. The maximum atomic E-state index is 12.5. The lowest BCUT2D eigenvalue weighted by molar-refractivity contribution is 0.145. The number of pyridine rings is 1. The van der Waals surface area contributed by atoms with Gasteiger partial charge >= 0.3 is 0 Å². The van der Waals surface area contributed by atoms with Crippen LogP contribution in [-0.4, -0.2) is 12.1 Å². The molecule has 0 spiro atoms. The first-order chi connectivity index (χ1) is 6.60. The third kappa shape index (κ3) is 1.99. The molecule has 3 nitrogen and oxygen atoms in total. The molecule has 0 saturated heterocycles. The van der Waals surface area contributed by atoms with Crippen LogP contribution in [0.1, 0.15) is 17.6 Å². The number of rotatable bonds is 2. The highest BCUT2D eigenvalue weighted by molar-refractivity contribution is 9.10. The minimum Gasteiger partial charge on any atom is -0.481 e. The van der Waals surface area contributed by atoms with Gasteiger partial charge in [0, 0.05) is 0 Å². The number of hydrogen-bond donors (Lipinski definition) is 0. The van der Waals surface area contributed by atoms with Gasteiger partial charge in [-0.25, -0.2) is 13.8 Å². The number of alkyl halides is 2. The highest BCUT2D eigenvalue weighted by Crippen LogP contribution is 2.31. The Morgan fingerprint density at radius 3 is 2.71 bits per heavy atom. The molecule has 0 N–H and O–H groups in total. The fraction of sp³-hybridized carbons (Fsp3) is 0.250. The number of hydrogen-bond acceptors (Lipinski definition) is 3. The van der Waals surface area contributed by atoms with Crippen molar-refractivity contribution in [3.63, 3.8) is 0 Å². The van der Waals surface area contributed by atoms with Crippen LogP contribution in [-0.2, 0) is 0 Å². The van der Waals surface area contributed by atoms with Gasteiger partial charge in [0.1, 0.15) is 4.60 Å². The average Bonchev–Trinajstić information content (AvgIpc) is 2.15. The number of nitriles is 1. The number of halogens is 3. The Morgan fingerprint density at radius 1 is 1.64 bits per heavy atom. The van der Waals surface area contributed by atoms with Gasteiger partial charge in [0.2, 0.25) is 5.88 Å². The molecule has 1 heterocycles. The number of nitrogens with zero attached hydrogens (tertiary/aromatic N) is 2. The van der Waals surface area contributed by atoms with Gasteiger partial charge in [0.25, 0.3) is 6.43 Å². The van der Waals surface area contributed by atoms with Crippen molar-refractivity contribution in [1.82, 2.24) is 4.98 Å². The van der Waals surface area contributed by atoms with Gasteiger partial charge in [-0.15, -0.1) is 0 Å². The highest BCUT2D eigenvalue weighted by atomic mass is 79.9. The molecule has 74 valence electrons. The normalized spacial score (nSPS) is 10.0. The standard InChI is InChI=1S/C8H5BrF2N2O/c1-14-8-6(7(10)11)4(3-12)2-5(9)13-8/h2,7H,1H3. The van der Waals surface area contributed by atoms with Crippen LogP contribution in [0.3, 0.4) is 0 Å². The zero-order valence-electron chi connectivity index (χ0n) is 7.09. The molecule has 6 heteroatoms. The van der Waals surface area contributed by atoms with E-state index in [1.807, 2.05) is 0 Å². The Hall–Kier alpha value is -1.22. The Kier molecular flexibility index (Phi) is 3.36. The van der Waals surface area contributed by atoms with E-state index in [0.29, 0.717) is 0 Å². The molecule has 0 fully saturated rings. The molecule has 1 aromatic heterocycles. The molecule has 0 aliphatic rings. The van der Waals surface area contributed by atoms with E-state index in [4.69, 9.17) is 5.26 Å².